The molecule has 0 bridgehead atoms. The fourth-order valence-electron chi connectivity index (χ4n) is 3.09. The maximum atomic E-state index is 11.1. The third-order valence-corrected chi connectivity index (χ3v) is 5.73. The lowest BCUT2D eigenvalue weighted by molar-refractivity contribution is 0.685. The molecule has 0 fully saturated rings. The quantitative estimate of drug-likeness (QED) is 0.460. The van der Waals surface area contributed by atoms with Gasteiger partial charge in [0.2, 0.25) is 0 Å². The Morgan fingerprint density at radius 3 is 1.97 bits per heavy atom. The summed E-state index contributed by atoms with van der Waals surface area (Å²) < 4.78 is 11.1. The number of nitrogens with one attached hydrogen (secondary N) is 1. The number of H-pyrrole nitrogens is 1. The molecule has 4 aromatic rings. The second kappa shape index (κ2) is 9.57. The summed E-state index contributed by atoms with van der Waals surface area (Å²) in [5.41, 5.74) is 6.23. The molecule has 1 unspecified atom stereocenters. The van der Waals surface area contributed by atoms with E-state index in [2.05, 4.69) is 79.4 Å². The number of anilines is 1. The van der Waals surface area contributed by atoms with E-state index in [9.17, 15) is 4.21 Å². The molecule has 4 heteroatoms. The lowest BCUT2D eigenvalue weighted by Gasteiger charge is -2.12. The van der Waals surface area contributed by atoms with E-state index in [4.69, 9.17) is 0 Å². The fourth-order valence-corrected chi connectivity index (χ4v) is 3.63. The highest BCUT2D eigenvalue weighted by molar-refractivity contribution is 7.84. The maximum absolute atomic E-state index is 11.1. The van der Waals surface area contributed by atoms with Crippen molar-refractivity contribution in [2.24, 2.45) is 0 Å². The maximum Gasteiger partial charge on any atom is 0.104 e. The van der Waals surface area contributed by atoms with Gasteiger partial charge in [-0.15, -0.1) is 0 Å². The lowest BCUT2D eigenvalue weighted by Crippen LogP contribution is -2.07. The molecular formula is C25H28N2OS. The van der Waals surface area contributed by atoms with E-state index < -0.39 is 10.8 Å². The molecule has 0 saturated carbocycles. The second-order valence-electron chi connectivity index (χ2n) is 7.17. The summed E-state index contributed by atoms with van der Waals surface area (Å²) in [6.07, 6.45) is 2.77. The van der Waals surface area contributed by atoms with E-state index in [1.807, 2.05) is 30.3 Å². The van der Waals surface area contributed by atoms with Crippen molar-refractivity contribution in [1.29, 1.82) is 0 Å². The molecular weight excluding hydrogens is 376 g/mol. The summed E-state index contributed by atoms with van der Waals surface area (Å²) in [6, 6.07) is 27.3. The molecule has 1 heterocycles. The number of aryl methyl sites for hydroxylation is 1. The zero-order valence-corrected chi connectivity index (χ0v) is 18.3. The summed E-state index contributed by atoms with van der Waals surface area (Å²) in [5.74, 6) is 0. The Kier molecular flexibility index (Phi) is 6.89. The number of fused-ring (bicyclic) bond motifs is 1. The zero-order valence-electron chi connectivity index (χ0n) is 17.5. The van der Waals surface area contributed by atoms with Crippen LogP contribution >= 0.6 is 0 Å². The fraction of sp³-hybridized carbons (Fsp3) is 0.200. The summed E-state index contributed by atoms with van der Waals surface area (Å²) in [6.45, 7) is 2.18. The van der Waals surface area contributed by atoms with Crippen molar-refractivity contribution in [3.05, 3.63) is 84.4 Å². The second-order valence-corrected chi connectivity index (χ2v) is 8.51. The number of rotatable bonds is 4. The summed E-state index contributed by atoms with van der Waals surface area (Å²) >= 11 is 0. The minimum atomic E-state index is -0.917. The third-order valence-electron chi connectivity index (χ3n) is 4.89. The van der Waals surface area contributed by atoms with E-state index in [0.29, 0.717) is 0 Å². The number of aromatic nitrogens is 1. The van der Waals surface area contributed by atoms with Crippen LogP contribution in [0.3, 0.4) is 0 Å². The van der Waals surface area contributed by atoms with Crippen molar-refractivity contribution in [3.8, 4) is 11.1 Å². The van der Waals surface area contributed by atoms with Crippen LogP contribution in [0.5, 0.6) is 0 Å². The lowest BCUT2D eigenvalue weighted by atomic mass is 10.0. The molecule has 0 aliphatic carbocycles. The first-order chi connectivity index (χ1) is 14.0. The van der Waals surface area contributed by atoms with E-state index in [1.54, 1.807) is 6.26 Å². The Morgan fingerprint density at radius 2 is 1.45 bits per heavy atom. The van der Waals surface area contributed by atoms with Crippen LogP contribution in [0.2, 0.25) is 0 Å². The summed E-state index contributed by atoms with van der Waals surface area (Å²) in [7, 11) is 3.20. The normalized spacial score (nSPS) is 11.6. The summed E-state index contributed by atoms with van der Waals surface area (Å²) in [5, 5.41) is 1.90. The van der Waals surface area contributed by atoms with Crippen molar-refractivity contribution < 1.29 is 4.21 Å². The molecule has 0 aliphatic rings. The monoisotopic (exact) mass is 404 g/mol. The molecule has 0 spiro atoms. The Morgan fingerprint density at radius 1 is 0.862 bits per heavy atom. The van der Waals surface area contributed by atoms with Gasteiger partial charge in [-0.1, -0.05) is 61.5 Å². The molecule has 4 rings (SSSR count). The molecule has 3 nitrogen and oxygen atoms in total. The third kappa shape index (κ3) is 5.36. The van der Waals surface area contributed by atoms with Gasteiger partial charge in [0.15, 0.2) is 0 Å². The first kappa shape index (κ1) is 20.9. The molecule has 1 N–H and O–H groups in total. The van der Waals surface area contributed by atoms with Gasteiger partial charge in [-0.2, -0.15) is 0 Å². The largest absolute Gasteiger partial charge is 0.378 e. The number of hydrogen-bond acceptors (Lipinski definition) is 2. The van der Waals surface area contributed by atoms with Gasteiger partial charge in [0, 0.05) is 36.9 Å². The predicted molar refractivity (Wildman–Crippen MR) is 126 cm³/mol. The Hall–Kier alpha value is -2.85. The highest BCUT2D eigenvalue weighted by Crippen LogP contribution is 2.23. The predicted octanol–water partition coefficient (Wildman–Crippen LogP) is 5.89. The van der Waals surface area contributed by atoms with E-state index in [-0.39, 0.29) is 0 Å². The van der Waals surface area contributed by atoms with Gasteiger partial charge in [-0.25, -0.2) is 0 Å². The first-order valence-electron chi connectivity index (χ1n) is 9.76. The molecule has 1 atom stereocenters. The van der Waals surface area contributed by atoms with E-state index in [1.165, 1.54) is 22.4 Å². The van der Waals surface area contributed by atoms with E-state index in [0.717, 1.165) is 22.3 Å². The molecule has 150 valence electrons. The highest BCUT2D eigenvalue weighted by Gasteiger charge is 2.01. The highest BCUT2D eigenvalue weighted by atomic mass is 32.2. The number of hydrogen-bond donors (Lipinski definition) is 1. The van der Waals surface area contributed by atoms with Crippen LogP contribution in [0.4, 0.5) is 5.69 Å². The van der Waals surface area contributed by atoms with Crippen LogP contribution in [0.1, 0.15) is 12.5 Å². The van der Waals surface area contributed by atoms with Crippen LogP contribution in [0, 0.1) is 0 Å². The minimum Gasteiger partial charge on any atom is -0.378 e. The Bertz CT molecular complexity index is 1050. The van der Waals surface area contributed by atoms with Gasteiger partial charge in [0.1, 0.15) is 5.03 Å². The average Bonchev–Trinajstić information content (AvgIpc) is 3.19. The topological polar surface area (TPSA) is 36.1 Å². The van der Waals surface area contributed by atoms with Crippen molar-refractivity contribution in [1.82, 2.24) is 4.98 Å². The zero-order chi connectivity index (χ0) is 20.8. The van der Waals surface area contributed by atoms with Crippen molar-refractivity contribution in [3.63, 3.8) is 0 Å². The molecule has 3 aromatic carbocycles. The van der Waals surface area contributed by atoms with Gasteiger partial charge in [-0.3, -0.25) is 4.21 Å². The Labute approximate surface area is 175 Å². The molecule has 0 saturated heterocycles. The number of benzene rings is 3. The standard InChI is InChI=1S/C16H19N.C9H9NOS/c1-4-13-5-7-14(8-6-13)15-9-11-16(12-10-15)17(2)3;1-12(11)9-6-7-4-2-3-5-8(7)10-9/h5-12H,4H2,1-3H3;2-6,10H,1H3. The van der Waals surface area contributed by atoms with Crippen molar-refractivity contribution >= 4 is 27.4 Å². The first-order valence-corrected chi connectivity index (χ1v) is 11.3. The average molecular weight is 405 g/mol. The van der Waals surface area contributed by atoms with Crippen LogP contribution in [0.25, 0.3) is 22.0 Å². The van der Waals surface area contributed by atoms with Crippen LogP contribution in [0.15, 0.2) is 83.9 Å². The van der Waals surface area contributed by atoms with Gasteiger partial charge < -0.3 is 9.88 Å². The minimum absolute atomic E-state index is 0.788. The van der Waals surface area contributed by atoms with Crippen molar-refractivity contribution in [2.45, 2.75) is 18.4 Å². The van der Waals surface area contributed by atoms with Gasteiger partial charge in [0.25, 0.3) is 0 Å². The van der Waals surface area contributed by atoms with Crippen molar-refractivity contribution in [2.75, 3.05) is 25.3 Å². The SMILES string of the molecule is CCc1ccc(-c2ccc(N(C)C)cc2)cc1.CS(=O)c1cc2ccccc2[nH]1. The van der Waals surface area contributed by atoms with E-state index >= 15 is 0 Å². The van der Waals surface area contributed by atoms with Crippen LogP contribution < -0.4 is 4.90 Å². The van der Waals surface area contributed by atoms with Gasteiger partial charge in [0.05, 0.1) is 10.8 Å². The number of aromatic amines is 1. The smallest absolute Gasteiger partial charge is 0.104 e. The molecule has 0 aliphatic heterocycles. The molecule has 1 aromatic heterocycles. The van der Waals surface area contributed by atoms with Gasteiger partial charge >= 0.3 is 0 Å². The Balaban J connectivity index is 0.000000176. The number of para-hydroxylation sites is 1. The van der Waals surface area contributed by atoms with Gasteiger partial charge in [-0.05, 0) is 47.4 Å². The van der Waals surface area contributed by atoms with Crippen LogP contribution in [-0.2, 0) is 17.2 Å². The molecule has 0 radical (unpaired) electrons. The van der Waals surface area contributed by atoms with Crippen LogP contribution in [-0.4, -0.2) is 29.5 Å². The summed E-state index contributed by atoms with van der Waals surface area (Å²) in [4.78, 5) is 5.21. The molecule has 29 heavy (non-hydrogen) atoms. The number of nitrogens with zero attached hydrogens (tertiary/aromatic N) is 1. The molecule has 0 amide bonds.